The van der Waals surface area contributed by atoms with Crippen LogP contribution in [0.2, 0.25) is 0 Å². The summed E-state index contributed by atoms with van der Waals surface area (Å²) >= 11 is 0. The van der Waals surface area contributed by atoms with Crippen molar-refractivity contribution in [2.45, 2.75) is 13.5 Å². The number of anilines is 2. The van der Waals surface area contributed by atoms with Crippen LogP contribution in [0.5, 0.6) is 0 Å². The predicted octanol–water partition coefficient (Wildman–Crippen LogP) is 3.81. The molecule has 1 N–H and O–H groups in total. The van der Waals surface area contributed by atoms with Gasteiger partial charge in [-0.25, -0.2) is 4.39 Å². The molecule has 3 aromatic rings. The van der Waals surface area contributed by atoms with E-state index in [0.717, 1.165) is 5.56 Å². The summed E-state index contributed by atoms with van der Waals surface area (Å²) in [6, 6.07) is 17.6. The van der Waals surface area contributed by atoms with Gasteiger partial charge in [-0.3, -0.25) is 4.79 Å². The summed E-state index contributed by atoms with van der Waals surface area (Å²) in [7, 11) is 1.84. The maximum atomic E-state index is 13.7. The van der Waals surface area contributed by atoms with Gasteiger partial charge in [0.05, 0.1) is 0 Å². The summed E-state index contributed by atoms with van der Waals surface area (Å²) < 4.78 is 13.7. The minimum absolute atomic E-state index is 0.227. The minimum atomic E-state index is -0.321. The lowest BCUT2D eigenvalue weighted by atomic mass is 10.1. The van der Waals surface area contributed by atoms with Crippen molar-refractivity contribution < 1.29 is 9.18 Å². The second-order valence-corrected chi connectivity index (χ2v) is 6.04. The largest absolute Gasteiger partial charge is 0.354 e. The van der Waals surface area contributed by atoms with Crippen LogP contribution in [0, 0.1) is 12.7 Å². The van der Waals surface area contributed by atoms with Gasteiger partial charge in [0.1, 0.15) is 5.82 Å². The topological polar surface area (TPSA) is 58.1 Å². The lowest BCUT2D eigenvalue weighted by Gasteiger charge is -2.18. The Balaban J connectivity index is 1.66. The lowest BCUT2D eigenvalue weighted by molar-refractivity contribution is 0.102. The van der Waals surface area contributed by atoms with Gasteiger partial charge >= 0.3 is 0 Å². The van der Waals surface area contributed by atoms with Gasteiger partial charge in [-0.1, -0.05) is 30.3 Å². The molecule has 5 nitrogen and oxygen atoms in total. The van der Waals surface area contributed by atoms with Crippen molar-refractivity contribution >= 4 is 17.4 Å². The molecule has 3 rings (SSSR count). The van der Waals surface area contributed by atoms with E-state index in [4.69, 9.17) is 0 Å². The Morgan fingerprint density at radius 1 is 1.08 bits per heavy atom. The highest BCUT2D eigenvalue weighted by molar-refractivity contribution is 6.02. The van der Waals surface area contributed by atoms with E-state index in [1.807, 2.05) is 36.2 Å². The fraction of sp³-hybridized carbons (Fsp3) is 0.150. The number of para-hydroxylation sites is 1. The number of benzene rings is 2. The molecular weight excluding hydrogens is 331 g/mol. The van der Waals surface area contributed by atoms with Crippen molar-refractivity contribution in [2.75, 3.05) is 17.3 Å². The molecule has 1 heterocycles. The van der Waals surface area contributed by atoms with E-state index >= 15 is 0 Å². The first-order chi connectivity index (χ1) is 12.5. The molecule has 0 radical (unpaired) electrons. The van der Waals surface area contributed by atoms with Crippen LogP contribution in [0.4, 0.5) is 15.9 Å². The average Bonchev–Trinajstić information content (AvgIpc) is 2.65. The Labute approximate surface area is 151 Å². The smallest absolute Gasteiger partial charge is 0.276 e. The van der Waals surface area contributed by atoms with Gasteiger partial charge < -0.3 is 10.2 Å². The van der Waals surface area contributed by atoms with Crippen molar-refractivity contribution in [3.8, 4) is 0 Å². The van der Waals surface area contributed by atoms with Crippen molar-refractivity contribution in [3.05, 3.63) is 83.3 Å². The summed E-state index contributed by atoms with van der Waals surface area (Å²) in [4.78, 5) is 14.0. The maximum Gasteiger partial charge on any atom is 0.276 e. The molecular formula is C20H19FN4O. The van der Waals surface area contributed by atoms with E-state index in [0.29, 0.717) is 23.6 Å². The number of hydrogen-bond donors (Lipinski definition) is 1. The SMILES string of the molecule is Cc1ccc(CN(C)c2ccc(C(=O)Nc3ccccc3)nn2)cc1F. The summed E-state index contributed by atoms with van der Waals surface area (Å²) in [5, 5.41) is 10.9. The molecule has 0 spiro atoms. The summed E-state index contributed by atoms with van der Waals surface area (Å²) in [6.45, 7) is 2.22. The zero-order chi connectivity index (χ0) is 18.5. The summed E-state index contributed by atoms with van der Waals surface area (Å²) in [6.07, 6.45) is 0. The minimum Gasteiger partial charge on any atom is -0.354 e. The fourth-order valence-corrected chi connectivity index (χ4v) is 2.46. The second-order valence-electron chi connectivity index (χ2n) is 6.04. The number of rotatable bonds is 5. The first-order valence-electron chi connectivity index (χ1n) is 8.19. The van der Waals surface area contributed by atoms with Crippen molar-refractivity contribution in [1.29, 1.82) is 0 Å². The van der Waals surface area contributed by atoms with Gasteiger partial charge in [0.2, 0.25) is 0 Å². The predicted molar refractivity (Wildman–Crippen MR) is 99.7 cm³/mol. The molecule has 26 heavy (non-hydrogen) atoms. The number of amides is 1. The molecule has 0 aliphatic rings. The molecule has 0 saturated carbocycles. The van der Waals surface area contributed by atoms with Crippen LogP contribution in [0.15, 0.2) is 60.7 Å². The molecule has 0 aliphatic heterocycles. The molecule has 6 heteroatoms. The van der Waals surface area contributed by atoms with E-state index in [2.05, 4.69) is 15.5 Å². The summed E-state index contributed by atoms with van der Waals surface area (Å²) in [5.41, 5.74) is 2.38. The van der Waals surface area contributed by atoms with Crippen LogP contribution in [0.1, 0.15) is 21.6 Å². The Kier molecular flexibility index (Phi) is 5.22. The van der Waals surface area contributed by atoms with E-state index in [1.165, 1.54) is 6.07 Å². The third-order valence-corrected chi connectivity index (χ3v) is 3.96. The maximum absolute atomic E-state index is 13.7. The van der Waals surface area contributed by atoms with Gasteiger partial charge in [0.25, 0.3) is 5.91 Å². The number of carbonyl (C=O) groups excluding carboxylic acids is 1. The first-order valence-corrected chi connectivity index (χ1v) is 8.19. The Bertz CT molecular complexity index is 897. The average molecular weight is 350 g/mol. The number of carbonyl (C=O) groups is 1. The molecule has 0 bridgehead atoms. The number of hydrogen-bond acceptors (Lipinski definition) is 4. The van der Waals surface area contributed by atoms with Crippen LogP contribution in [-0.4, -0.2) is 23.2 Å². The molecule has 0 fully saturated rings. The Morgan fingerprint density at radius 2 is 1.85 bits per heavy atom. The quantitative estimate of drug-likeness (QED) is 0.760. The number of nitrogens with one attached hydrogen (secondary N) is 1. The molecule has 0 atom stereocenters. The monoisotopic (exact) mass is 350 g/mol. The normalized spacial score (nSPS) is 10.4. The number of halogens is 1. The van der Waals surface area contributed by atoms with Crippen LogP contribution >= 0.6 is 0 Å². The number of aryl methyl sites for hydroxylation is 1. The fourth-order valence-electron chi connectivity index (χ4n) is 2.46. The van der Waals surface area contributed by atoms with Crippen LogP contribution in [0.25, 0.3) is 0 Å². The molecule has 0 saturated heterocycles. The van der Waals surface area contributed by atoms with Crippen LogP contribution < -0.4 is 10.2 Å². The highest BCUT2D eigenvalue weighted by Gasteiger charge is 2.11. The van der Waals surface area contributed by atoms with E-state index < -0.39 is 0 Å². The molecule has 0 aliphatic carbocycles. The second kappa shape index (κ2) is 7.74. The third-order valence-electron chi connectivity index (χ3n) is 3.96. The number of nitrogens with zero attached hydrogens (tertiary/aromatic N) is 3. The molecule has 1 amide bonds. The zero-order valence-electron chi connectivity index (χ0n) is 14.6. The van der Waals surface area contributed by atoms with Gasteiger partial charge in [-0.2, -0.15) is 0 Å². The molecule has 132 valence electrons. The van der Waals surface area contributed by atoms with Gasteiger partial charge in [-0.15, -0.1) is 10.2 Å². The van der Waals surface area contributed by atoms with Crippen molar-refractivity contribution in [1.82, 2.24) is 10.2 Å². The highest BCUT2D eigenvalue weighted by atomic mass is 19.1. The van der Waals surface area contributed by atoms with Gasteiger partial charge in [-0.05, 0) is 48.4 Å². The number of aromatic nitrogens is 2. The highest BCUT2D eigenvalue weighted by Crippen LogP contribution is 2.15. The van der Waals surface area contributed by atoms with Crippen molar-refractivity contribution in [2.24, 2.45) is 0 Å². The van der Waals surface area contributed by atoms with Gasteiger partial charge in [0, 0.05) is 19.3 Å². The van der Waals surface area contributed by atoms with Gasteiger partial charge in [0.15, 0.2) is 11.5 Å². The summed E-state index contributed by atoms with van der Waals surface area (Å²) in [5.74, 6) is 0.0515. The van der Waals surface area contributed by atoms with E-state index in [-0.39, 0.29) is 17.4 Å². The Morgan fingerprint density at radius 3 is 2.50 bits per heavy atom. The standard InChI is InChI=1S/C20H19FN4O/c1-14-8-9-15(12-17(14)21)13-25(2)19-11-10-18(23-24-19)20(26)22-16-6-4-3-5-7-16/h3-12H,13H2,1-2H3,(H,22,26). The molecule has 2 aromatic carbocycles. The van der Waals surface area contributed by atoms with E-state index in [9.17, 15) is 9.18 Å². The molecule has 1 aromatic heterocycles. The molecule has 0 unspecified atom stereocenters. The third kappa shape index (κ3) is 4.22. The van der Waals surface area contributed by atoms with Crippen LogP contribution in [0.3, 0.4) is 0 Å². The van der Waals surface area contributed by atoms with Crippen molar-refractivity contribution in [3.63, 3.8) is 0 Å². The lowest BCUT2D eigenvalue weighted by Crippen LogP contribution is -2.20. The van der Waals surface area contributed by atoms with E-state index in [1.54, 1.807) is 37.3 Å². The Hall–Kier alpha value is -3.28. The zero-order valence-corrected chi connectivity index (χ0v) is 14.6. The van der Waals surface area contributed by atoms with Crippen LogP contribution in [-0.2, 0) is 6.54 Å². The first kappa shape index (κ1) is 17.5.